The minimum absolute atomic E-state index is 0. The second-order valence-electron chi connectivity index (χ2n) is 6.46. The van der Waals surface area contributed by atoms with Crippen LogP contribution in [-0.4, -0.2) is 65.7 Å². The van der Waals surface area contributed by atoms with E-state index >= 15 is 0 Å². The van der Waals surface area contributed by atoms with E-state index in [0.717, 1.165) is 58.4 Å². The fourth-order valence-corrected chi connectivity index (χ4v) is 3.30. The third-order valence-electron chi connectivity index (χ3n) is 4.71. The van der Waals surface area contributed by atoms with E-state index in [4.69, 9.17) is 5.11 Å². The Bertz CT molecular complexity index is 368. The lowest BCUT2D eigenvalue weighted by atomic mass is 9.96. The Hall–Kier alpha value is -1.01. The van der Waals surface area contributed by atoms with Crippen molar-refractivity contribution in [3.8, 4) is 0 Å². The van der Waals surface area contributed by atoms with Crippen molar-refractivity contribution in [3.05, 3.63) is 0 Å². The smallest absolute Gasteiger partial charge is 0.317 e. The van der Waals surface area contributed by atoms with E-state index < -0.39 is 5.97 Å². The van der Waals surface area contributed by atoms with Crippen LogP contribution in [0.5, 0.6) is 0 Å². The lowest BCUT2D eigenvalue weighted by molar-refractivity contribution is -0.137. The van der Waals surface area contributed by atoms with Gasteiger partial charge in [-0.25, -0.2) is 4.79 Å². The molecule has 7 heteroatoms. The normalized spacial score (nSPS) is 19.9. The lowest BCUT2D eigenvalue weighted by Gasteiger charge is -2.36. The number of nitrogens with one attached hydrogen (secondary N) is 1. The summed E-state index contributed by atoms with van der Waals surface area (Å²) < 4.78 is 0. The van der Waals surface area contributed by atoms with Crippen molar-refractivity contribution in [2.45, 2.75) is 57.4 Å². The van der Waals surface area contributed by atoms with Crippen molar-refractivity contribution in [1.82, 2.24) is 15.1 Å². The van der Waals surface area contributed by atoms with Crippen molar-refractivity contribution in [2.75, 3.05) is 32.7 Å². The number of unbranched alkanes of at least 4 members (excludes halogenated alkanes) is 1. The van der Waals surface area contributed by atoms with Crippen molar-refractivity contribution in [1.29, 1.82) is 0 Å². The average molecular weight is 348 g/mol. The van der Waals surface area contributed by atoms with Gasteiger partial charge in [-0.1, -0.05) is 19.3 Å². The number of aliphatic carboxylic acids is 1. The number of nitrogens with zero attached hydrogens (tertiary/aromatic N) is 2. The Balaban J connectivity index is 0.00000264. The minimum Gasteiger partial charge on any atom is -0.481 e. The number of halogens is 1. The molecule has 23 heavy (non-hydrogen) atoms. The Morgan fingerprint density at radius 2 is 1.65 bits per heavy atom. The van der Waals surface area contributed by atoms with Gasteiger partial charge in [-0.05, 0) is 32.2 Å². The first-order valence-corrected chi connectivity index (χ1v) is 8.65. The molecule has 0 spiro atoms. The van der Waals surface area contributed by atoms with Crippen LogP contribution in [0.25, 0.3) is 0 Å². The van der Waals surface area contributed by atoms with Gasteiger partial charge in [0.25, 0.3) is 0 Å². The molecule has 134 valence electrons. The molecule has 2 fully saturated rings. The summed E-state index contributed by atoms with van der Waals surface area (Å²) in [5.74, 6) is -0.718. The van der Waals surface area contributed by atoms with Gasteiger partial charge in [-0.2, -0.15) is 0 Å². The highest BCUT2D eigenvalue weighted by atomic mass is 35.5. The molecule has 2 N–H and O–H groups in total. The number of carbonyl (C=O) groups excluding carboxylic acids is 1. The molecule has 0 atom stereocenters. The monoisotopic (exact) mass is 347 g/mol. The van der Waals surface area contributed by atoms with E-state index in [-0.39, 0.29) is 24.9 Å². The van der Waals surface area contributed by atoms with Crippen LogP contribution in [-0.2, 0) is 4.79 Å². The number of hydrogen-bond donors (Lipinski definition) is 2. The Labute approximate surface area is 145 Å². The van der Waals surface area contributed by atoms with Gasteiger partial charge in [0.1, 0.15) is 0 Å². The molecule has 0 bridgehead atoms. The summed E-state index contributed by atoms with van der Waals surface area (Å²) in [4.78, 5) is 27.0. The SMILES string of the molecule is Cl.O=C(O)CCCCN1CCN(C(=O)NC2CCCCC2)CC1. The van der Waals surface area contributed by atoms with Crippen LogP contribution >= 0.6 is 12.4 Å². The second kappa shape index (κ2) is 10.7. The molecule has 0 aromatic rings. The fraction of sp³-hybridized carbons (Fsp3) is 0.875. The molecular formula is C16H30ClN3O3. The van der Waals surface area contributed by atoms with Crippen molar-refractivity contribution < 1.29 is 14.7 Å². The van der Waals surface area contributed by atoms with Gasteiger partial charge < -0.3 is 15.3 Å². The summed E-state index contributed by atoms with van der Waals surface area (Å²) in [5, 5.41) is 11.8. The number of piperazine rings is 1. The average Bonchev–Trinajstić information content (AvgIpc) is 2.53. The van der Waals surface area contributed by atoms with Crippen molar-refractivity contribution in [3.63, 3.8) is 0 Å². The number of carboxylic acid groups (broad SMARTS) is 1. The molecule has 0 aromatic heterocycles. The van der Waals surface area contributed by atoms with Crippen molar-refractivity contribution in [2.24, 2.45) is 0 Å². The van der Waals surface area contributed by atoms with Gasteiger partial charge in [0, 0.05) is 38.6 Å². The Morgan fingerprint density at radius 3 is 2.26 bits per heavy atom. The molecule has 1 heterocycles. The maximum atomic E-state index is 12.2. The van der Waals surface area contributed by atoms with Crippen LogP contribution in [0.4, 0.5) is 4.79 Å². The molecule has 1 aliphatic heterocycles. The van der Waals surface area contributed by atoms with Gasteiger partial charge in [0.05, 0.1) is 0 Å². The molecule has 1 saturated carbocycles. The van der Waals surface area contributed by atoms with E-state index in [0.29, 0.717) is 6.04 Å². The highest BCUT2D eigenvalue weighted by Crippen LogP contribution is 2.17. The Kier molecular flexibility index (Phi) is 9.33. The standard InChI is InChI=1S/C16H29N3O3.ClH/c20-15(21)8-4-5-9-18-10-12-19(13-11-18)16(22)17-14-6-2-1-3-7-14;/h14H,1-13H2,(H,17,22)(H,20,21);1H. The van der Waals surface area contributed by atoms with Crippen LogP contribution in [0.2, 0.25) is 0 Å². The summed E-state index contributed by atoms with van der Waals surface area (Å²) in [6.07, 6.45) is 7.91. The van der Waals surface area contributed by atoms with E-state index in [2.05, 4.69) is 10.2 Å². The molecule has 0 unspecified atom stereocenters. The highest BCUT2D eigenvalue weighted by Gasteiger charge is 2.23. The van der Waals surface area contributed by atoms with Crippen LogP contribution in [0.3, 0.4) is 0 Å². The van der Waals surface area contributed by atoms with Crippen molar-refractivity contribution >= 4 is 24.4 Å². The predicted octanol–water partition coefficient (Wildman–Crippen LogP) is 2.32. The van der Waals surface area contributed by atoms with Gasteiger partial charge in [-0.15, -0.1) is 12.4 Å². The number of urea groups is 1. The third kappa shape index (κ3) is 7.40. The molecule has 0 radical (unpaired) electrons. The number of carboxylic acids is 1. The summed E-state index contributed by atoms with van der Waals surface area (Å²) in [5.41, 5.74) is 0. The predicted molar refractivity (Wildman–Crippen MR) is 92.2 cm³/mol. The van der Waals surface area contributed by atoms with E-state index in [1.807, 2.05) is 4.90 Å². The molecule has 2 aliphatic rings. The fourth-order valence-electron chi connectivity index (χ4n) is 3.30. The molecule has 1 saturated heterocycles. The van der Waals surface area contributed by atoms with Crippen LogP contribution < -0.4 is 5.32 Å². The van der Waals surface area contributed by atoms with E-state index in [9.17, 15) is 9.59 Å². The molecule has 6 nitrogen and oxygen atoms in total. The van der Waals surface area contributed by atoms with Gasteiger partial charge in [0.2, 0.25) is 0 Å². The minimum atomic E-state index is -0.718. The molecule has 2 rings (SSSR count). The zero-order valence-electron chi connectivity index (χ0n) is 13.8. The number of rotatable bonds is 6. The highest BCUT2D eigenvalue weighted by molar-refractivity contribution is 5.85. The third-order valence-corrected chi connectivity index (χ3v) is 4.71. The summed E-state index contributed by atoms with van der Waals surface area (Å²) in [6.45, 7) is 4.27. The number of hydrogen-bond acceptors (Lipinski definition) is 3. The number of carbonyl (C=O) groups is 2. The maximum absolute atomic E-state index is 12.2. The van der Waals surface area contributed by atoms with Crippen LogP contribution in [0, 0.1) is 0 Å². The zero-order valence-corrected chi connectivity index (χ0v) is 14.7. The lowest BCUT2D eigenvalue weighted by Crippen LogP contribution is -2.53. The molecular weight excluding hydrogens is 318 g/mol. The van der Waals surface area contributed by atoms with E-state index in [1.54, 1.807) is 0 Å². The Morgan fingerprint density at radius 1 is 1.00 bits per heavy atom. The zero-order chi connectivity index (χ0) is 15.8. The first-order valence-electron chi connectivity index (χ1n) is 8.65. The second-order valence-corrected chi connectivity index (χ2v) is 6.46. The summed E-state index contributed by atoms with van der Waals surface area (Å²) in [6, 6.07) is 0.465. The summed E-state index contributed by atoms with van der Waals surface area (Å²) in [7, 11) is 0. The van der Waals surface area contributed by atoms with Crippen LogP contribution in [0.15, 0.2) is 0 Å². The van der Waals surface area contributed by atoms with E-state index in [1.165, 1.54) is 19.3 Å². The first kappa shape index (κ1) is 20.0. The molecule has 2 amide bonds. The molecule has 0 aromatic carbocycles. The largest absolute Gasteiger partial charge is 0.481 e. The quantitative estimate of drug-likeness (QED) is 0.723. The topological polar surface area (TPSA) is 72.9 Å². The first-order chi connectivity index (χ1) is 10.6. The van der Waals surface area contributed by atoms with Crippen LogP contribution in [0.1, 0.15) is 51.4 Å². The number of amides is 2. The van der Waals surface area contributed by atoms with Gasteiger partial charge in [-0.3, -0.25) is 9.69 Å². The molecule has 1 aliphatic carbocycles. The summed E-state index contributed by atoms with van der Waals surface area (Å²) >= 11 is 0. The maximum Gasteiger partial charge on any atom is 0.317 e. The van der Waals surface area contributed by atoms with Gasteiger partial charge >= 0.3 is 12.0 Å². The van der Waals surface area contributed by atoms with Gasteiger partial charge in [0.15, 0.2) is 0 Å².